The predicted molar refractivity (Wildman–Crippen MR) is 115 cm³/mol. The molecule has 0 aliphatic heterocycles. The zero-order chi connectivity index (χ0) is 21.8. The van der Waals surface area contributed by atoms with Crippen molar-refractivity contribution in [3.63, 3.8) is 0 Å². The summed E-state index contributed by atoms with van der Waals surface area (Å²) in [6.45, 7) is 1.69. The largest absolute Gasteiger partial charge is 0.322 e. The van der Waals surface area contributed by atoms with E-state index in [9.17, 15) is 14.0 Å². The van der Waals surface area contributed by atoms with E-state index in [0.29, 0.717) is 28.2 Å². The summed E-state index contributed by atoms with van der Waals surface area (Å²) in [7, 11) is 0. The fourth-order valence-electron chi connectivity index (χ4n) is 3.07. The first kappa shape index (κ1) is 20.0. The Balaban J connectivity index is 1.51. The average Bonchev–Trinajstić information content (AvgIpc) is 3.16. The minimum absolute atomic E-state index is 0.258. The quantitative estimate of drug-likeness (QED) is 0.511. The van der Waals surface area contributed by atoms with Gasteiger partial charge in [-0.3, -0.25) is 14.6 Å². The van der Waals surface area contributed by atoms with Crippen LogP contribution in [0, 0.1) is 12.7 Å². The van der Waals surface area contributed by atoms with Crippen LogP contribution < -0.4 is 10.6 Å². The summed E-state index contributed by atoms with van der Waals surface area (Å²) in [4.78, 5) is 29.2. The zero-order valence-corrected chi connectivity index (χ0v) is 16.5. The van der Waals surface area contributed by atoms with Crippen LogP contribution in [-0.4, -0.2) is 26.6 Å². The number of hydrogen-bond donors (Lipinski definition) is 2. The number of rotatable bonds is 5. The van der Waals surface area contributed by atoms with Crippen molar-refractivity contribution in [1.82, 2.24) is 14.8 Å². The molecule has 4 rings (SSSR count). The topological polar surface area (TPSA) is 88.9 Å². The number of aromatic nitrogens is 3. The van der Waals surface area contributed by atoms with Crippen LogP contribution >= 0.6 is 0 Å². The van der Waals surface area contributed by atoms with Gasteiger partial charge in [0.05, 0.1) is 17.5 Å². The Morgan fingerprint density at radius 2 is 1.65 bits per heavy atom. The van der Waals surface area contributed by atoms with Crippen molar-refractivity contribution < 1.29 is 14.0 Å². The molecule has 31 heavy (non-hydrogen) atoms. The molecule has 154 valence electrons. The van der Waals surface area contributed by atoms with Gasteiger partial charge in [-0.15, -0.1) is 0 Å². The van der Waals surface area contributed by atoms with Gasteiger partial charge in [0.2, 0.25) is 0 Å². The third-order valence-electron chi connectivity index (χ3n) is 4.66. The van der Waals surface area contributed by atoms with Gasteiger partial charge in [0.25, 0.3) is 11.8 Å². The standard InChI is InChI=1S/C23H18FN5O2/c1-15-19(14-26-29(15)21-8-3-2-7-20(21)24)23(31)28-18-6-4-5-16(13-18)22(30)27-17-9-11-25-12-10-17/h2-14H,1H3,(H,28,31)(H,25,27,30). The van der Waals surface area contributed by atoms with E-state index in [0.717, 1.165) is 0 Å². The zero-order valence-electron chi connectivity index (χ0n) is 16.5. The van der Waals surface area contributed by atoms with Crippen LogP contribution in [0.25, 0.3) is 5.69 Å². The highest BCUT2D eigenvalue weighted by atomic mass is 19.1. The second-order valence-corrected chi connectivity index (χ2v) is 6.73. The van der Waals surface area contributed by atoms with Crippen LogP contribution in [0.1, 0.15) is 26.4 Å². The monoisotopic (exact) mass is 415 g/mol. The molecule has 0 aliphatic carbocycles. The number of halogens is 1. The molecule has 2 heterocycles. The average molecular weight is 415 g/mol. The summed E-state index contributed by atoms with van der Waals surface area (Å²) < 4.78 is 15.5. The first-order chi connectivity index (χ1) is 15.0. The normalized spacial score (nSPS) is 10.5. The van der Waals surface area contributed by atoms with Gasteiger partial charge in [0, 0.05) is 29.3 Å². The van der Waals surface area contributed by atoms with Crippen molar-refractivity contribution in [2.75, 3.05) is 10.6 Å². The Morgan fingerprint density at radius 3 is 2.42 bits per heavy atom. The van der Waals surface area contributed by atoms with Gasteiger partial charge >= 0.3 is 0 Å². The fraction of sp³-hybridized carbons (Fsp3) is 0.0435. The summed E-state index contributed by atoms with van der Waals surface area (Å²) in [5.74, 6) is -1.16. The van der Waals surface area contributed by atoms with E-state index in [-0.39, 0.29) is 11.6 Å². The van der Waals surface area contributed by atoms with Crippen molar-refractivity contribution in [3.05, 3.63) is 102 Å². The van der Waals surface area contributed by atoms with Gasteiger partial charge < -0.3 is 10.6 Å². The molecule has 0 spiro atoms. The minimum atomic E-state index is -0.437. The fourth-order valence-corrected chi connectivity index (χ4v) is 3.07. The molecule has 0 bridgehead atoms. The Bertz CT molecular complexity index is 1250. The number of nitrogens with zero attached hydrogens (tertiary/aromatic N) is 3. The summed E-state index contributed by atoms with van der Waals surface area (Å²) >= 11 is 0. The molecule has 0 saturated carbocycles. The number of benzene rings is 2. The smallest absolute Gasteiger partial charge is 0.259 e. The molecule has 0 fully saturated rings. The summed E-state index contributed by atoms with van der Waals surface area (Å²) in [6.07, 6.45) is 4.54. The Kier molecular flexibility index (Phi) is 5.53. The van der Waals surface area contributed by atoms with E-state index in [1.807, 2.05) is 0 Å². The van der Waals surface area contributed by atoms with E-state index in [1.165, 1.54) is 16.9 Å². The van der Waals surface area contributed by atoms with Gasteiger partial charge in [-0.05, 0) is 49.4 Å². The van der Waals surface area contributed by atoms with Crippen molar-refractivity contribution >= 4 is 23.2 Å². The molecule has 4 aromatic rings. The Morgan fingerprint density at radius 1 is 0.903 bits per heavy atom. The molecule has 2 aromatic carbocycles. The molecular weight excluding hydrogens is 397 g/mol. The summed E-state index contributed by atoms with van der Waals surface area (Å²) in [5, 5.41) is 9.68. The van der Waals surface area contributed by atoms with Crippen molar-refractivity contribution in [2.24, 2.45) is 0 Å². The van der Waals surface area contributed by atoms with E-state index in [4.69, 9.17) is 0 Å². The molecule has 0 atom stereocenters. The lowest BCUT2D eigenvalue weighted by atomic mass is 10.1. The maximum absolute atomic E-state index is 14.1. The Labute approximate surface area is 177 Å². The molecule has 0 radical (unpaired) electrons. The molecule has 0 saturated heterocycles. The van der Waals surface area contributed by atoms with Crippen molar-refractivity contribution in [2.45, 2.75) is 6.92 Å². The van der Waals surface area contributed by atoms with Crippen LogP contribution in [-0.2, 0) is 0 Å². The molecule has 2 amide bonds. The summed E-state index contributed by atoms with van der Waals surface area (Å²) in [5.41, 5.74) is 2.50. The third-order valence-corrected chi connectivity index (χ3v) is 4.66. The van der Waals surface area contributed by atoms with Crippen molar-refractivity contribution in [1.29, 1.82) is 0 Å². The van der Waals surface area contributed by atoms with Crippen LogP contribution in [0.15, 0.2) is 79.3 Å². The molecule has 2 aromatic heterocycles. The van der Waals surface area contributed by atoms with Crippen LogP contribution in [0.4, 0.5) is 15.8 Å². The maximum Gasteiger partial charge on any atom is 0.259 e. The molecule has 8 heteroatoms. The van der Waals surface area contributed by atoms with E-state index < -0.39 is 11.7 Å². The molecule has 7 nitrogen and oxygen atoms in total. The maximum atomic E-state index is 14.1. The number of amides is 2. The number of pyridine rings is 1. The van der Waals surface area contributed by atoms with Gasteiger partial charge in [-0.25, -0.2) is 9.07 Å². The lowest BCUT2D eigenvalue weighted by Gasteiger charge is -2.09. The number of hydrogen-bond acceptors (Lipinski definition) is 4. The second kappa shape index (κ2) is 8.58. The highest BCUT2D eigenvalue weighted by Crippen LogP contribution is 2.19. The third kappa shape index (κ3) is 4.32. The minimum Gasteiger partial charge on any atom is -0.322 e. The van der Waals surface area contributed by atoms with E-state index in [1.54, 1.807) is 73.9 Å². The summed E-state index contributed by atoms with van der Waals surface area (Å²) in [6, 6.07) is 16.1. The van der Waals surface area contributed by atoms with Crippen LogP contribution in [0.5, 0.6) is 0 Å². The number of anilines is 2. The van der Waals surface area contributed by atoms with Crippen molar-refractivity contribution in [3.8, 4) is 5.69 Å². The lowest BCUT2D eigenvalue weighted by molar-refractivity contribution is 0.101. The number of nitrogens with one attached hydrogen (secondary N) is 2. The lowest BCUT2D eigenvalue weighted by Crippen LogP contribution is -2.15. The second-order valence-electron chi connectivity index (χ2n) is 6.73. The molecular formula is C23H18FN5O2. The molecule has 0 aliphatic rings. The first-order valence-electron chi connectivity index (χ1n) is 9.45. The molecule has 0 unspecified atom stereocenters. The first-order valence-corrected chi connectivity index (χ1v) is 9.45. The Hall–Kier alpha value is -4.33. The van der Waals surface area contributed by atoms with Gasteiger partial charge in [0.15, 0.2) is 0 Å². The van der Waals surface area contributed by atoms with Gasteiger partial charge in [-0.1, -0.05) is 18.2 Å². The predicted octanol–water partition coefficient (Wildman–Crippen LogP) is 4.22. The highest BCUT2D eigenvalue weighted by Gasteiger charge is 2.17. The van der Waals surface area contributed by atoms with Gasteiger partial charge in [-0.2, -0.15) is 5.10 Å². The highest BCUT2D eigenvalue weighted by molar-refractivity contribution is 6.07. The number of carbonyl (C=O) groups excluding carboxylic acids is 2. The SMILES string of the molecule is Cc1c(C(=O)Nc2cccc(C(=O)Nc3ccncc3)c2)cnn1-c1ccccc1F. The molecule has 2 N–H and O–H groups in total. The van der Waals surface area contributed by atoms with E-state index in [2.05, 4.69) is 20.7 Å². The van der Waals surface area contributed by atoms with Crippen LogP contribution in [0.3, 0.4) is 0 Å². The van der Waals surface area contributed by atoms with E-state index >= 15 is 0 Å². The number of para-hydroxylation sites is 1. The van der Waals surface area contributed by atoms with Gasteiger partial charge in [0.1, 0.15) is 11.5 Å². The number of carbonyl (C=O) groups is 2. The van der Waals surface area contributed by atoms with Crippen LogP contribution in [0.2, 0.25) is 0 Å².